The summed E-state index contributed by atoms with van der Waals surface area (Å²) in [7, 11) is 1.35. The molecule has 0 radical (unpaired) electrons. The number of hydrogen-bond acceptors (Lipinski definition) is 1. The maximum Gasteiger partial charge on any atom is 0.404 e. The van der Waals surface area contributed by atoms with E-state index in [1.165, 1.54) is 64.8 Å². The van der Waals surface area contributed by atoms with Crippen LogP contribution in [-0.4, -0.2) is 18.2 Å². The van der Waals surface area contributed by atoms with Crippen LogP contribution < -0.4 is 5.32 Å². The first kappa shape index (κ1) is 17.7. The summed E-state index contributed by atoms with van der Waals surface area (Å²) in [5, 5.41) is 9.56. The highest BCUT2D eigenvalue weighted by Gasteiger charge is 1.89. The first-order chi connectivity index (χ1) is 7.68. The van der Waals surface area contributed by atoms with E-state index in [0.717, 1.165) is 0 Å². The largest absolute Gasteiger partial charge is 0.465 e. The Bertz CT molecular complexity index is 130. The van der Waals surface area contributed by atoms with Gasteiger partial charge in [-0.25, -0.2) is 4.79 Å². The van der Waals surface area contributed by atoms with Gasteiger partial charge in [-0.3, -0.25) is 0 Å². The first-order valence-electron chi connectivity index (χ1n) is 6.59. The maximum absolute atomic E-state index is 9.26. The first-order valence-corrected chi connectivity index (χ1v) is 6.59. The number of amides is 1. The molecule has 2 N–H and O–H groups in total. The quantitative estimate of drug-likeness (QED) is 0.607. The fourth-order valence-corrected chi connectivity index (χ4v) is 1.38. The molecule has 0 aromatic rings. The summed E-state index contributed by atoms with van der Waals surface area (Å²) >= 11 is 0. The Morgan fingerprint density at radius 1 is 0.875 bits per heavy atom. The fraction of sp³-hybridized carbons (Fsp3) is 0.923. The predicted octanol–water partition coefficient (Wildman–Crippen LogP) is 4.42. The van der Waals surface area contributed by atoms with Gasteiger partial charge in [-0.15, -0.1) is 0 Å². The lowest BCUT2D eigenvalue weighted by molar-refractivity contribution is 0.197. The molecule has 0 aliphatic rings. The molecule has 16 heavy (non-hydrogen) atoms. The van der Waals surface area contributed by atoms with E-state index >= 15 is 0 Å². The molecule has 0 spiro atoms. The highest BCUT2D eigenvalue weighted by Crippen LogP contribution is 2.08. The lowest BCUT2D eigenvalue weighted by Gasteiger charge is -1.98. The minimum atomic E-state index is -0.995. The molecule has 1 amide bonds. The zero-order chi connectivity index (χ0) is 12.6. The van der Waals surface area contributed by atoms with Crippen molar-refractivity contribution >= 4 is 6.09 Å². The number of carboxylic acid groups (broad SMARTS) is 1. The third-order valence-corrected chi connectivity index (χ3v) is 2.42. The highest BCUT2D eigenvalue weighted by molar-refractivity contribution is 5.63. The van der Waals surface area contributed by atoms with E-state index in [2.05, 4.69) is 13.8 Å². The van der Waals surface area contributed by atoms with Crippen molar-refractivity contribution in [3.63, 3.8) is 0 Å². The van der Waals surface area contributed by atoms with Crippen molar-refractivity contribution in [2.75, 3.05) is 7.05 Å². The molecule has 0 aliphatic carbocycles. The number of hydrogen-bond donors (Lipinski definition) is 2. The second kappa shape index (κ2) is 16.7. The van der Waals surface area contributed by atoms with Crippen LogP contribution in [0.25, 0.3) is 0 Å². The topological polar surface area (TPSA) is 49.3 Å². The van der Waals surface area contributed by atoms with Gasteiger partial charge < -0.3 is 10.4 Å². The fourth-order valence-electron chi connectivity index (χ4n) is 1.38. The predicted molar refractivity (Wildman–Crippen MR) is 70.0 cm³/mol. The standard InChI is InChI=1S/C11H24.C2H5NO2/c1-3-5-7-9-11-10-8-6-4-2;1-3-2(4)5/h3-11H2,1-2H3;3H,1H3,(H,4,5). The smallest absolute Gasteiger partial charge is 0.404 e. The van der Waals surface area contributed by atoms with Gasteiger partial charge in [0.2, 0.25) is 0 Å². The molecule has 0 fully saturated rings. The number of unbranched alkanes of at least 4 members (excludes halogenated alkanes) is 8. The molecule has 0 rings (SSSR count). The summed E-state index contributed by atoms with van der Waals surface area (Å²) in [5.74, 6) is 0. The Morgan fingerprint density at radius 2 is 1.12 bits per heavy atom. The van der Waals surface area contributed by atoms with E-state index in [9.17, 15) is 4.79 Å². The summed E-state index contributed by atoms with van der Waals surface area (Å²) in [6.07, 6.45) is 12.0. The lowest BCUT2D eigenvalue weighted by atomic mass is 10.1. The average Bonchev–Trinajstić information content (AvgIpc) is 2.29. The van der Waals surface area contributed by atoms with E-state index in [1.54, 1.807) is 0 Å². The summed E-state index contributed by atoms with van der Waals surface area (Å²) in [5.41, 5.74) is 0. The van der Waals surface area contributed by atoms with Crippen molar-refractivity contribution in [1.29, 1.82) is 0 Å². The number of nitrogens with one attached hydrogen (secondary N) is 1. The molecular formula is C13H29NO2. The van der Waals surface area contributed by atoms with Gasteiger partial charge in [0.25, 0.3) is 0 Å². The van der Waals surface area contributed by atoms with Crippen LogP contribution in [0.2, 0.25) is 0 Å². The molecule has 0 aliphatic heterocycles. The zero-order valence-electron chi connectivity index (χ0n) is 11.2. The van der Waals surface area contributed by atoms with E-state index in [0.29, 0.717) is 0 Å². The molecule has 3 nitrogen and oxygen atoms in total. The number of carbonyl (C=O) groups is 1. The SMILES string of the molecule is CCCCCCCCCCC.CNC(=O)O. The van der Waals surface area contributed by atoms with Gasteiger partial charge in [-0.05, 0) is 0 Å². The Kier molecular flexibility index (Phi) is 18.4. The van der Waals surface area contributed by atoms with Crippen LogP contribution in [0.5, 0.6) is 0 Å². The molecular weight excluding hydrogens is 202 g/mol. The molecule has 0 saturated carbocycles. The van der Waals surface area contributed by atoms with Gasteiger partial charge in [0, 0.05) is 7.05 Å². The van der Waals surface area contributed by atoms with Crippen LogP contribution in [0.4, 0.5) is 4.79 Å². The normalized spacial score (nSPS) is 9.19. The Morgan fingerprint density at radius 3 is 1.31 bits per heavy atom. The highest BCUT2D eigenvalue weighted by atomic mass is 16.4. The zero-order valence-corrected chi connectivity index (χ0v) is 11.2. The van der Waals surface area contributed by atoms with Crippen molar-refractivity contribution < 1.29 is 9.90 Å². The minimum absolute atomic E-state index is 0.995. The number of rotatable bonds is 8. The maximum atomic E-state index is 9.26. The van der Waals surface area contributed by atoms with Crippen LogP contribution in [0.3, 0.4) is 0 Å². The summed E-state index contributed by atoms with van der Waals surface area (Å²) in [6, 6.07) is 0. The Balaban J connectivity index is 0. The Hall–Kier alpha value is -0.730. The van der Waals surface area contributed by atoms with Gasteiger partial charge >= 0.3 is 6.09 Å². The minimum Gasteiger partial charge on any atom is -0.465 e. The van der Waals surface area contributed by atoms with E-state index in [4.69, 9.17) is 5.11 Å². The van der Waals surface area contributed by atoms with Gasteiger partial charge in [0.15, 0.2) is 0 Å². The van der Waals surface area contributed by atoms with Gasteiger partial charge in [-0.2, -0.15) is 0 Å². The second-order valence-electron chi connectivity index (χ2n) is 4.03. The van der Waals surface area contributed by atoms with Crippen molar-refractivity contribution in [3.8, 4) is 0 Å². The molecule has 0 bridgehead atoms. The van der Waals surface area contributed by atoms with Crippen molar-refractivity contribution in [3.05, 3.63) is 0 Å². The van der Waals surface area contributed by atoms with Crippen LogP contribution in [-0.2, 0) is 0 Å². The van der Waals surface area contributed by atoms with Gasteiger partial charge in [0.1, 0.15) is 0 Å². The summed E-state index contributed by atoms with van der Waals surface area (Å²) in [4.78, 5) is 9.26. The van der Waals surface area contributed by atoms with E-state index in [1.807, 2.05) is 5.32 Å². The molecule has 0 aromatic heterocycles. The molecule has 98 valence electrons. The van der Waals surface area contributed by atoms with Crippen molar-refractivity contribution in [2.45, 2.75) is 71.6 Å². The molecule has 0 saturated heterocycles. The van der Waals surface area contributed by atoms with Crippen molar-refractivity contribution in [2.24, 2.45) is 0 Å². The molecule has 0 heterocycles. The lowest BCUT2D eigenvalue weighted by Crippen LogP contribution is -2.13. The van der Waals surface area contributed by atoms with E-state index in [-0.39, 0.29) is 0 Å². The Labute approximate surface area is 101 Å². The van der Waals surface area contributed by atoms with Crippen LogP contribution >= 0.6 is 0 Å². The summed E-state index contributed by atoms with van der Waals surface area (Å²) in [6.45, 7) is 4.55. The molecule has 0 atom stereocenters. The van der Waals surface area contributed by atoms with Gasteiger partial charge in [0.05, 0.1) is 0 Å². The van der Waals surface area contributed by atoms with Crippen LogP contribution in [0.1, 0.15) is 71.6 Å². The van der Waals surface area contributed by atoms with Crippen LogP contribution in [0.15, 0.2) is 0 Å². The monoisotopic (exact) mass is 231 g/mol. The van der Waals surface area contributed by atoms with Gasteiger partial charge in [-0.1, -0.05) is 71.6 Å². The molecule has 0 aromatic carbocycles. The third kappa shape index (κ3) is 23.2. The second-order valence-corrected chi connectivity index (χ2v) is 4.03. The third-order valence-electron chi connectivity index (χ3n) is 2.42. The van der Waals surface area contributed by atoms with Crippen LogP contribution in [0, 0.1) is 0 Å². The summed E-state index contributed by atoms with van der Waals surface area (Å²) < 4.78 is 0. The van der Waals surface area contributed by atoms with Crippen molar-refractivity contribution in [1.82, 2.24) is 5.32 Å². The molecule has 0 unspecified atom stereocenters. The van der Waals surface area contributed by atoms with E-state index < -0.39 is 6.09 Å². The average molecular weight is 231 g/mol. The molecule has 3 heteroatoms.